The number of amides is 5. The Morgan fingerprint density at radius 1 is 0.505 bits per heavy atom. The lowest BCUT2D eigenvalue weighted by Gasteiger charge is -2.34. The molecule has 0 spiro atoms. The van der Waals surface area contributed by atoms with Crippen LogP contribution in [0.1, 0.15) is 86.2 Å². The number of anilines is 2. The minimum Gasteiger partial charge on any atom is -0.494 e. The standard InChI is InChI=1S/C66H96N14O19/c1-6-79-53(41-47(3)73-79)63(86)71-65-69-51-43-49(61(67)84)45-55(88-5)59(51)77(65)14-8-9-15-78-60-52(70-66(78)72-64(87)54-42-48(4)74-80(54)7-2)44-50(62(68)85)46-56(60)99-20-10-13-75-16-18-76(19-17-75)57(81)11-21-89-23-25-91-27-29-93-31-33-95-35-37-97-39-40-98-38-36-96-34-32-94-30-28-92-26-24-90-22-12-58(82)83/h8-9,41-46H,6-7,10-40H2,1-5H3,(H2,67,84)(H2,68,85)(H,82,83)(H,69,71,86)(H,70,72,87)/b9-8+. The van der Waals surface area contributed by atoms with Crippen LogP contribution in [0.25, 0.3) is 22.1 Å². The smallest absolute Gasteiger partial charge is 0.305 e. The molecule has 7 N–H and O–H groups in total. The largest absolute Gasteiger partial charge is 0.494 e. The zero-order valence-corrected chi connectivity index (χ0v) is 57.4. The second-order valence-corrected chi connectivity index (χ2v) is 22.5. The Morgan fingerprint density at radius 2 is 0.879 bits per heavy atom. The third-order valence-electron chi connectivity index (χ3n) is 15.3. The van der Waals surface area contributed by atoms with Gasteiger partial charge in [0.2, 0.25) is 29.6 Å². The van der Waals surface area contributed by atoms with E-state index in [1.54, 1.807) is 56.6 Å². The number of imidazole rings is 2. The molecule has 1 saturated heterocycles. The van der Waals surface area contributed by atoms with Crippen LogP contribution >= 0.6 is 0 Å². The maximum absolute atomic E-state index is 14.0. The highest BCUT2D eigenvalue weighted by molar-refractivity contribution is 6.05. The van der Waals surface area contributed by atoms with Gasteiger partial charge in [0, 0.05) is 70.0 Å². The van der Waals surface area contributed by atoms with Gasteiger partial charge in [-0.2, -0.15) is 10.2 Å². The van der Waals surface area contributed by atoms with Gasteiger partial charge in [0.25, 0.3) is 11.8 Å². The van der Waals surface area contributed by atoms with Gasteiger partial charge in [-0.25, -0.2) is 9.97 Å². The molecule has 0 radical (unpaired) electrons. The average Bonchev–Trinajstić information content (AvgIpc) is 1.64. The lowest BCUT2D eigenvalue weighted by molar-refractivity contribution is -0.138. The maximum atomic E-state index is 14.0. The number of aliphatic carboxylic acids is 1. The fourth-order valence-corrected chi connectivity index (χ4v) is 10.4. The van der Waals surface area contributed by atoms with Gasteiger partial charge in [-0.15, -0.1) is 0 Å². The van der Waals surface area contributed by atoms with Crippen molar-refractivity contribution in [2.75, 3.05) is 189 Å². The summed E-state index contributed by atoms with van der Waals surface area (Å²) in [4.78, 5) is 90.3. The summed E-state index contributed by atoms with van der Waals surface area (Å²) in [6.07, 6.45) is 4.51. The molecule has 4 aromatic heterocycles. The number of carboxylic acids is 1. The van der Waals surface area contributed by atoms with Gasteiger partial charge in [-0.05, 0) is 70.5 Å². The molecule has 5 heterocycles. The number of aromatic nitrogens is 8. The number of primary amides is 2. The first-order valence-corrected chi connectivity index (χ1v) is 33.3. The molecule has 2 aromatic carbocycles. The van der Waals surface area contributed by atoms with Gasteiger partial charge in [-0.3, -0.25) is 53.7 Å². The number of hydrogen-bond acceptors (Lipinski definition) is 23. The van der Waals surface area contributed by atoms with Crippen molar-refractivity contribution in [3.8, 4) is 11.5 Å². The number of carbonyl (C=O) groups is 6. The van der Waals surface area contributed by atoms with Gasteiger partial charge >= 0.3 is 5.97 Å². The number of nitrogens with zero attached hydrogens (tertiary/aromatic N) is 10. The van der Waals surface area contributed by atoms with Gasteiger partial charge < -0.3 is 87.5 Å². The van der Waals surface area contributed by atoms with Gasteiger partial charge in [0.05, 0.1) is 181 Å². The van der Waals surface area contributed by atoms with Crippen LogP contribution in [-0.2, 0) is 83.1 Å². The number of benzene rings is 2. The SMILES string of the molecule is CCn1nc(C)cc1C(=O)Nc1nc2cc(C(N)=O)cc(OC)c2n1C/C=C/Cn1c(NC(=O)c2cc(C)nn2CC)nc2cc(C(N)=O)cc(OCCCN3CCN(C(=O)CCOCCOCCOCCOCCOCCOCCOCCOCCOCCOCCC(=O)O)CC3)c21. The van der Waals surface area contributed by atoms with Gasteiger partial charge in [0.15, 0.2) is 0 Å². The van der Waals surface area contributed by atoms with Crippen molar-refractivity contribution in [3.05, 3.63) is 82.5 Å². The summed E-state index contributed by atoms with van der Waals surface area (Å²) in [6, 6.07) is 9.51. The number of nitrogens with one attached hydrogen (secondary N) is 2. The molecule has 33 heteroatoms. The number of nitrogens with two attached hydrogens (primary N) is 2. The number of carbonyl (C=O) groups excluding carboxylic acids is 5. The van der Waals surface area contributed by atoms with Crippen LogP contribution in [-0.4, -0.2) is 268 Å². The summed E-state index contributed by atoms with van der Waals surface area (Å²) in [5.74, 6) is -2.26. The van der Waals surface area contributed by atoms with Crippen LogP contribution < -0.4 is 31.6 Å². The normalized spacial score (nSPS) is 12.8. The number of rotatable bonds is 51. The van der Waals surface area contributed by atoms with Crippen LogP contribution in [0.4, 0.5) is 11.9 Å². The van der Waals surface area contributed by atoms with E-state index in [4.69, 9.17) is 83.4 Å². The van der Waals surface area contributed by atoms with Crippen LogP contribution in [0.5, 0.6) is 11.5 Å². The highest BCUT2D eigenvalue weighted by Gasteiger charge is 2.25. The Balaban J connectivity index is 0.795. The molecule has 99 heavy (non-hydrogen) atoms. The molecule has 6 aromatic rings. The number of methoxy groups -OCH3 is 1. The van der Waals surface area contributed by atoms with Crippen LogP contribution in [0.2, 0.25) is 0 Å². The second kappa shape index (κ2) is 42.5. The van der Waals surface area contributed by atoms with E-state index in [1.807, 2.05) is 30.9 Å². The number of allylic oxidation sites excluding steroid dienone is 2. The molecule has 544 valence electrons. The molecule has 5 amide bonds. The molecular formula is C66H96N14O19. The third-order valence-corrected chi connectivity index (χ3v) is 15.3. The van der Waals surface area contributed by atoms with Crippen LogP contribution in [0.3, 0.4) is 0 Å². The fraction of sp³-hybridized carbons (Fsp3) is 0.576. The van der Waals surface area contributed by atoms with E-state index < -0.39 is 29.6 Å². The number of fused-ring (bicyclic) bond motifs is 2. The molecule has 1 fully saturated rings. The summed E-state index contributed by atoms with van der Waals surface area (Å²) >= 11 is 0. The zero-order valence-electron chi connectivity index (χ0n) is 57.4. The third kappa shape index (κ3) is 25.3. The van der Waals surface area contributed by atoms with Crippen molar-refractivity contribution < 1.29 is 90.7 Å². The predicted molar refractivity (Wildman–Crippen MR) is 362 cm³/mol. The molecular weight excluding hydrogens is 1290 g/mol. The Morgan fingerprint density at radius 3 is 1.25 bits per heavy atom. The van der Waals surface area contributed by atoms with E-state index in [2.05, 4.69) is 25.7 Å². The fourth-order valence-electron chi connectivity index (χ4n) is 10.4. The number of aryl methyl sites for hydroxylation is 4. The van der Waals surface area contributed by atoms with Crippen molar-refractivity contribution in [1.29, 1.82) is 0 Å². The summed E-state index contributed by atoms with van der Waals surface area (Å²) in [6.45, 7) is 19.8. The van der Waals surface area contributed by atoms with E-state index >= 15 is 0 Å². The van der Waals surface area contributed by atoms with Gasteiger partial charge in [0.1, 0.15) is 33.9 Å². The minimum atomic E-state index is -0.891. The number of ether oxygens (including phenoxy) is 12. The Kier molecular flexibility index (Phi) is 33.4. The Hall–Kier alpha value is -8.48. The molecule has 0 unspecified atom stereocenters. The van der Waals surface area contributed by atoms with Crippen molar-refractivity contribution in [2.45, 2.75) is 73.1 Å². The lowest BCUT2D eigenvalue weighted by atomic mass is 10.1. The summed E-state index contributed by atoms with van der Waals surface area (Å²) < 4.78 is 73.8. The van der Waals surface area contributed by atoms with E-state index in [0.29, 0.717) is 227 Å². The molecule has 7 rings (SSSR count). The molecule has 33 nitrogen and oxygen atoms in total. The second-order valence-electron chi connectivity index (χ2n) is 22.5. The first-order valence-electron chi connectivity index (χ1n) is 33.3. The van der Waals surface area contributed by atoms with Crippen molar-refractivity contribution >= 4 is 69.5 Å². The van der Waals surface area contributed by atoms with Crippen molar-refractivity contribution in [1.82, 2.24) is 48.5 Å². The molecule has 0 atom stereocenters. The Labute approximate surface area is 574 Å². The number of hydrogen-bond donors (Lipinski definition) is 5. The molecule has 1 aliphatic heterocycles. The van der Waals surface area contributed by atoms with Crippen LogP contribution in [0, 0.1) is 13.8 Å². The van der Waals surface area contributed by atoms with Crippen LogP contribution in [0.15, 0.2) is 48.6 Å². The van der Waals surface area contributed by atoms with E-state index in [-0.39, 0.29) is 74.7 Å². The zero-order chi connectivity index (χ0) is 70.7. The topological polar surface area (TPSA) is 387 Å². The van der Waals surface area contributed by atoms with E-state index in [9.17, 15) is 28.8 Å². The average molecular weight is 1390 g/mol. The Bertz CT molecular complexity index is 3560. The predicted octanol–water partition coefficient (Wildman–Crippen LogP) is 3.35. The highest BCUT2D eigenvalue weighted by atomic mass is 16.6. The molecule has 0 bridgehead atoms. The van der Waals surface area contributed by atoms with E-state index in [0.717, 1.165) is 0 Å². The lowest BCUT2D eigenvalue weighted by Crippen LogP contribution is -2.49. The van der Waals surface area contributed by atoms with Crippen molar-refractivity contribution in [3.63, 3.8) is 0 Å². The number of carboxylic acid groups (broad SMARTS) is 1. The highest BCUT2D eigenvalue weighted by Crippen LogP contribution is 2.33. The van der Waals surface area contributed by atoms with E-state index in [1.165, 1.54) is 19.2 Å². The molecule has 0 aliphatic carbocycles. The minimum absolute atomic E-state index is 0.0203. The maximum Gasteiger partial charge on any atom is 0.305 e. The first-order chi connectivity index (χ1) is 48.1. The number of piperazine rings is 1. The summed E-state index contributed by atoms with van der Waals surface area (Å²) in [5, 5.41) is 23.3. The quantitative estimate of drug-likeness (QED) is 0.0270. The summed E-state index contributed by atoms with van der Waals surface area (Å²) in [7, 11) is 1.45. The molecule has 1 aliphatic rings. The van der Waals surface area contributed by atoms with Crippen molar-refractivity contribution in [2.24, 2.45) is 11.5 Å². The summed E-state index contributed by atoms with van der Waals surface area (Å²) in [5.41, 5.74) is 15.5. The van der Waals surface area contributed by atoms with Gasteiger partial charge in [-0.1, -0.05) is 12.2 Å². The monoisotopic (exact) mass is 1390 g/mol. The molecule has 0 saturated carbocycles. The first kappa shape index (κ1) is 77.9.